The van der Waals surface area contributed by atoms with Crippen molar-refractivity contribution in [3.05, 3.63) is 57.7 Å². The van der Waals surface area contributed by atoms with Crippen LogP contribution in [-0.2, 0) is 6.54 Å². The molecule has 100 valence electrons. The highest BCUT2D eigenvalue weighted by atomic mass is 127. The molecule has 0 aliphatic rings. The van der Waals surface area contributed by atoms with Crippen LogP contribution in [-0.4, -0.2) is 6.10 Å². The highest BCUT2D eigenvalue weighted by Gasteiger charge is 2.01. The van der Waals surface area contributed by atoms with E-state index in [1.54, 1.807) is 0 Å². The summed E-state index contributed by atoms with van der Waals surface area (Å²) in [6.07, 6.45) is 0.207. The molecule has 0 radical (unpaired) electrons. The predicted octanol–water partition coefficient (Wildman–Crippen LogP) is 4.69. The topological polar surface area (TPSA) is 21.3 Å². The van der Waals surface area contributed by atoms with Gasteiger partial charge in [-0.1, -0.05) is 24.3 Å². The van der Waals surface area contributed by atoms with Crippen LogP contribution in [0.2, 0.25) is 0 Å². The van der Waals surface area contributed by atoms with Gasteiger partial charge >= 0.3 is 0 Å². The van der Waals surface area contributed by atoms with Gasteiger partial charge in [0.25, 0.3) is 0 Å². The van der Waals surface area contributed by atoms with E-state index in [1.165, 1.54) is 14.8 Å². The van der Waals surface area contributed by atoms with Crippen LogP contribution < -0.4 is 10.1 Å². The number of halogens is 1. The second kappa shape index (κ2) is 6.80. The van der Waals surface area contributed by atoms with Gasteiger partial charge in [-0.15, -0.1) is 0 Å². The Morgan fingerprint density at radius 3 is 2.63 bits per heavy atom. The molecule has 0 heterocycles. The summed E-state index contributed by atoms with van der Waals surface area (Å²) in [5.41, 5.74) is 2.39. The number of para-hydroxylation sites is 1. The summed E-state index contributed by atoms with van der Waals surface area (Å²) >= 11 is 2.34. The van der Waals surface area contributed by atoms with Crippen molar-refractivity contribution in [3.63, 3.8) is 0 Å². The largest absolute Gasteiger partial charge is 0.491 e. The van der Waals surface area contributed by atoms with Crippen LogP contribution in [0, 0.1) is 3.57 Å². The van der Waals surface area contributed by atoms with Crippen molar-refractivity contribution in [2.24, 2.45) is 0 Å². The number of rotatable bonds is 5. The monoisotopic (exact) mass is 367 g/mol. The molecular weight excluding hydrogens is 349 g/mol. The minimum absolute atomic E-state index is 0.207. The number of nitrogens with one attached hydrogen (secondary N) is 1. The van der Waals surface area contributed by atoms with E-state index >= 15 is 0 Å². The molecule has 0 amide bonds. The first-order valence-electron chi connectivity index (χ1n) is 6.39. The van der Waals surface area contributed by atoms with E-state index in [-0.39, 0.29) is 6.10 Å². The van der Waals surface area contributed by atoms with Gasteiger partial charge in [0.05, 0.1) is 6.10 Å². The molecule has 0 unspecified atom stereocenters. The molecule has 2 nitrogen and oxygen atoms in total. The van der Waals surface area contributed by atoms with Crippen LogP contribution in [0.15, 0.2) is 48.5 Å². The van der Waals surface area contributed by atoms with E-state index in [4.69, 9.17) is 4.74 Å². The molecule has 0 bridgehead atoms. The molecule has 0 atom stereocenters. The molecule has 0 aliphatic heterocycles. The fourth-order valence-corrected chi connectivity index (χ4v) is 2.38. The third-order valence-electron chi connectivity index (χ3n) is 2.63. The second-order valence-corrected chi connectivity index (χ2v) is 5.81. The fraction of sp³-hybridized carbons (Fsp3) is 0.250. The number of hydrogen-bond donors (Lipinski definition) is 1. The smallest absolute Gasteiger partial charge is 0.120 e. The Hall–Kier alpha value is -1.23. The van der Waals surface area contributed by atoms with Gasteiger partial charge in [0.1, 0.15) is 5.75 Å². The Morgan fingerprint density at radius 1 is 1.11 bits per heavy atom. The van der Waals surface area contributed by atoms with E-state index in [1.807, 2.05) is 38.1 Å². The lowest BCUT2D eigenvalue weighted by molar-refractivity contribution is 0.242. The maximum atomic E-state index is 5.70. The summed E-state index contributed by atoms with van der Waals surface area (Å²) in [5.74, 6) is 0.928. The lowest BCUT2D eigenvalue weighted by Crippen LogP contribution is -2.06. The zero-order chi connectivity index (χ0) is 13.7. The summed E-state index contributed by atoms with van der Waals surface area (Å²) in [6.45, 7) is 4.88. The van der Waals surface area contributed by atoms with Gasteiger partial charge in [-0.05, 0) is 66.3 Å². The number of benzene rings is 2. The Labute approximate surface area is 128 Å². The highest BCUT2D eigenvalue weighted by Crippen LogP contribution is 2.19. The van der Waals surface area contributed by atoms with E-state index < -0.39 is 0 Å². The van der Waals surface area contributed by atoms with Crippen LogP contribution in [0.1, 0.15) is 19.4 Å². The molecule has 0 aromatic heterocycles. The van der Waals surface area contributed by atoms with Crippen LogP contribution in [0.4, 0.5) is 5.69 Å². The van der Waals surface area contributed by atoms with Gasteiger partial charge in [-0.25, -0.2) is 0 Å². The summed E-state index contributed by atoms with van der Waals surface area (Å²) in [7, 11) is 0. The van der Waals surface area contributed by atoms with Crippen molar-refractivity contribution in [1.29, 1.82) is 0 Å². The number of anilines is 1. The van der Waals surface area contributed by atoms with E-state index in [2.05, 4.69) is 52.2 Å². The molecule has 2 aromatic carbocycles. The SMILES string of the molecule is CC(C)Oc1cccc(CNc2ccccc2I)c1. The zero-order valence-electron chi connectivity index (χ0n) is 11.2. The van der Waals surface area contributed by atoms with Crippen LogP contribution in [0.3, 0.4) is 0 Å². The lowest BCUT2D eigenvalue weighted by atomic mass is 10.2. The van der Waals surface area contributed by atoms with Gasteiger partial charge in [0, 0.05) is 15.8 Å². The van der Waals surface area contributed by atoms with Crippen molar-refractivity contribution < 1.29 is 4.74 Å². The average Bonchev–Trinajstić information content (AvgIpc) is 2.37. The second-order valence-electron chi connectivity index (χ2n) is 4.65. The van der Waals surface area contributed by atoms with Crippen LogP contribution in [0.25, 0.3) is 0 Å². The molecule has 0 aliphatic carbocycles. The predicted molar refractivity (Wildman–Crippen MR) is 88.7 cm³/mol. The van der Waals surface area contributed by atoms with E-state index in [0.717, 1.165) is 12.3 Å². The third-order valence-corrected chi connectivity index (χ3v) is 3.57. The fourth-order valence-electron chi connectivity index (χ4n) is 1.80. The lowest BCUT2D eigenvalue weighted by Gasteiger charge is -2.12. The summed E-state index contributed by atoms with van der Waals surface area (Å²) in [6, 6.07) is 16.5. The molecule has 19 heavy (non-hydrogen) atoms. The van der Waals surface area contributed by atoms with Gasteiger partial charge in [0.15, 0.2) is 0 Å². The molecule has 0 spiro atoms. The summed E-state index contributed by atoms with van der Waals surface area (Å²) in [5, 5.41) is 3.45. The maximum Gasteiger partial charge on any atom is 0.120 e. The molecule has 0 fully saturated rings. The molecule has 1 N–H and O–H groups in total. The normalized spacial score (nSPS) is 10.5. The number of hydrogen-bond acceptors (Lipinski definition) is 2. The van der Waals surface area contributed by atoms with Crippen molar-refractivity contribution >= 4 is 28.3 Å². The standard InChI is InChI=1S/C16H18INO/c1-12(2)19-14-7-5-6-13(10-14)11-18-16-9-4-3-8-15(16)17/h3-10,12,18H,11H2,1-2H3. The molecular formula is C16H18INO. The zero-order valence-corrected chi connectivity index (χ0v) is 13.3. The van der Waals surface area contributed by atoms with Gasteiger partial charge in [-0.2, -0.15) is 0 Å². The van der Waals surface area contributed by atoms with Crippen molar-refractivity contribution in [3.8, 4) is 5.75 Å². The average molecular weight is 367 g/mol. The molecule has 0 saturated carbocycles. The summed E-state index contributed by atoms with van der Waals surface area (Å²) < 4.78 is 6.93. The van der Waals surface area contributed by atoms with Gasteiger partial charge in [-0.3, -0.25) is 0 Å². The Bertz CT molecular complexity index is 540. The first kappa shape index (κ1) is 14.2. The quantitative estimate of drug-likeness (QED) is 0.775. The minimum atomic E-state index is 0.207. The van der Waals surface area contributed by atoms with Crippen molar-refractivity contribution in [1.82, 2.24) is 0 Å². The molecule has 2 aromatic rings. The van der Waals surface area contributed by atoms with Gasteiger partial charge < -0.3 is 10.1 Å². The Morgan fingerprint density at radius 2 is 1.89 bits per heavy atom. The first-order chi connectivity index (χ1) is 9.15. The Kier molecular flexibility index (Phi) is 5.07. The third kappa shape index (κ3) is 4.42. The van der Waals surface area contributed by atoms with E-state index in [0.29, 0.717) is 0 Å². The minimum Gasteiger partial charge on any atom is -0.491 e. The van der Waals surface area contributed by atoms with Crippen molar-refractivity contribution in [2.75, 3.05) is 5.32 Å². The van der Waals surface area contributed by atoms with Crippen molar-refractivity contribution in [2.45, 2.75) is 26.5 Å². The molecule has 0 saturated heterocycles. The summed E-state index contributed by atoms with van der Waals surface area (Å²) in [4.78, 5) is 0. The molecule has 3 heteroatoms. The highest BCUT2D eigenvalue weighted by molar-refractivity contribution is 14.1. The van der Waals surface area contributed by atoms with Gasteiger partial charge in [0.2, 0.25) is 0 Å². The molecule has 2 rings (SSSR count). The maximum absolute atomic E-state index is 5.70. The Balaban J connectivity index is 2.02. The first-order valence-corrected chi connectivity index (χ1v) is 7.47. The van der Waals surface area contributed by atoms with E-state index in [9.17, 15) is 0 Å². The number of ether oxygens (including phenoxy) is 1. The van der Waals surface area contributed by atoms with Crippen LogP contribution >= 0.6 is 22.6 Å². The van der Waals surface area contributed by atoms with Crippen LogP contribution in [0.5, 0.6) is 5.75 Å².